The van der Waals surface area contributed by atoms with Crippen LogP contribution in [-0.2, 0) is 0 Å². The van der Waals surface area contributed by atoms with Gasteiger partial charge in [-0.3, -0.25) is 0 Å². The summed E-state index contributed by atoms with van der Waals surface area (Å²) >= 11 is 5.88. The fourth-order valence-corrected chi connectivity index (χ4v) is 1.57. The topological polar surface area (TPSA) is 26.0 Å². The highest BCUT2D eigenvalue weighted by molar-refractivity contribution is 6.21. The summed E-state index contributed by atoms with van der Waals surface area (Å²) in [5.74, 6) is 0.631. The Balaban J connectivity index is 0.000000371. The van der Waals surface area contributed by atoms with E-state index in [4.69, 9.17) is 17.3 Å². The highest BCUT2D eigenvalue weighted by Crippen LogP contribution is 2.28. The van der Waals surface area contributed by atoms with Crippen molar-refractivity contribution in [3.8, 4) is 0 Å². The van der Waals surface area contributed by atoms with Crippen LogP contribution in [0.4, 0.5) is 0 Å². The maximum atomic E-state index is 5.88. The molecule has 1 rings (SSSR count). The summed E-state index contributed by atoms with van der Waals surface area (Å²) in [6.45, 7) is 6.16. The zero-order valence-electron chi connectivity index (χ0n) is 7.10. The zero-order chi connectivity index (χ0) is 8.15. The average molecular weight is 164 g/mol. The molecule has 0 aromatic rings. The van der Waals surface area contributed by atoms with Gasteiger partial charge < -0.3 is 5.73 Å². The van der Waals surface area contributed by atoms with Crippen molar-refractivity contribution in [3.05, 3.63) is 0 Å². The smallest absolute Gasteiger partial charge is 0.0376 e. The highest BCUT2D eigenvalue weighted by atomic mass is 35.5. The second-order valence-electron chi connectivity index (χ2n) is 2.72. The van der Waals surface area contributed by atoms with E-state index >= 15 is 0 Å². The van der Waals surface area contributed by atoms with E-state index in [0.29, 0.717) is 17.3 Å². The van der Waals surface area contributed by atoms with Crippen molar-refractivity contribution < 1.29 is 0 Å². The van der Waals surface area contributed by atoms with Gasteiger partial charge in [0.05, 0.1) is 0 Å². The van der Waals surface area contributed by atoms with Gasteiger partial charge in [-0.15, -0.1) is 11.6 Å². The molecule has 2 heteroatoms. The van der Waals surface area contributed by atoms with Gasteiger partial charge in [0.15, 0.2) is 0 Å². The fraction of sp³-hybridized carbons (Fsp3) is 1.00. The van der Waals surface area contributed by atoms with E-state index in [2.05, 4.69) is 6.92 Å². The first kappa shape index (κ1) is 10.2. The fourth-order valence-electron chi connectivity index (χ4n) is 1.24. The molecule has 0 spiro atoms. The van der Waals surface area contributed by atoms with Gasteiger partial charge in [-0.2, -0.15) is 0 Å². The molecule has 62 valence electrons. The van der Waals surface area contributed by atoms with Crippen molar-refractivity contribution in [2.75, 3.05) is 0 Å². The first-order chi connectivity index (χ1) is 4.70. The van der Waals surface area contributed by atoms with E-state index in [-0.39, 0.29) is 0 Å². The lowest BCUT2D eigenvalue weighted by molar-refractivity contribution is 0.598. The summed E-state index contributed by atoms with van der Waals surface area (Å²) in [6, 6.07) is 0.368. The third-order valence-electron chi connectivity index (χ3n) is 1.82. The monoisotopic (exact) mass is 163 g/mol. The second kappa shape index (κ2) is 4.97. The summed E-state index contributed by atoms with van der Waals surface area (Å²) in [6.07, 6.45) is 2.11. The van der Waals surface area contributed by atoms with Gasteiger partial charge in [-0.1, -0.05) is 20.8 Å². The van der Waals surface area contributed by atoms with Crippen molar-refractivity contribution in [1.82, 2.24) is 0 Å². The van der Waals surface area contributed by atoms with Crippen LogP contribution in [-0.4, -0.2) is 11.4 Å². The standard InChI is InChI=1S/C6H12ClN.C2H6/c1-4-2-5(8)3-6(4)7;1-2/h4-6H,2-3,8H2,1H3;1-2H3. The summed E-state index contributed by atoms with van der Waals surface area (Å²) in [5.41, 5.74) is 5.63. The Labute approximate surface area is 68.9 Å². The summed E-state index contributed by atoms with van der Waals surface area (Å²) in [7, 11) is 0. The summed E-state index contributed by atoms with van der Waals surface area (Å²) in [5, 5.41) is 0.338. The Kier molecular flexibility index (Phi) is 5.10. The molecule has 1 fully saturated rings. The van der Waals surface area contributed by atoms with Crippen molar-refractivity contribution in [1.29, 1.82) is 0 Å². The lowest BCUT2D eigenvalue weighted by Gasteiger charge is -2.02. The Morgan fingerprint density at radius 1 is 1.30 bits per heavy atom. The molecule has 0 aromatic heterocycles. The molecule has 0 radical (unpaired) electrons. The molecule has 0 aliphatic heterocycles. The van der Waals surface area contributed by atoms with Gasteiger partial charge in [-0.05, 0) is 18.8 Å². The molecule has 3 unspecified atom stereocenters. The van der Waals surface area contributed by atoms with Gasteiger partial charge in [0.2, 0.25) is 0 Å². The molecule has 0 saturated heterocycles. The van der Waals surface area contributed by atoms with Crippen LogP contribution in [0.25, 0.3) is 0 Å². The third kappa shape index (κ3) is 2.89. The molecule has 1 aliphatic rings. The van der Waals surface area contributed by atoms with Crippen LogP contribution in [0.1, 0.15) is 33.6 Å². The van der Waals surface area contributed by atoms with Gasteiger partial charge in [0, 0.05) is 11.4 Å². The van der Waals surface area contributed by atoms with E-state index < -0.39 is 0 Å². The molecule has 1 aliphatic carbocycles. The maximum Gasteiger partial charge on any atom is 0.0376 e. The largest absolute Gasteiger partial charge is 0.328 e. The van der Waals surface area contributed by atoms with Gasteiger partial charge >= 0.3 is 0 Å². The average Bonchev–Trinajstić information content (AvgIpc) is 2.16. The SMILES string of the molecule is CC.CC1CC(N)CC1Cl. The van der Waals surface area contributed by atoms with Crippen LogP contribution in [0.15, 0.2) is 0 Å². The number of alkyl halides is 1. The molecule has 1 saturated carbocycles. The van der Waals surface area contributed by atoms with Crippen molar-refractivity contribution in [2.24, 2.45) is 11.7 Å². The van der Waals surface area contributed by atoms with Crippen LogP contribution in [0, 0.1) is 5.92 Å². The first-order valence-corrected chi connectivity index (χ1v) is 4.53. The Morgan fingerprint density at radius 3 is 1.90 bits per heavy atom. The molecule has 10 heavy (non-hydrogen) atoms. The molecule has 0 bridgehead atoms. The minimum atomic E-state index is 0.338. The number of rotatable bonds is 0. The third-order valence-corrected chi connectivity index (χ3v) is 2.43. The Hall–Kier alpha value is 0.250. The van der Waals surface area contributed by atoms with Gasteiger partial charge in [0.25, 0.3) is 0 Å². The van der Waals surface area contributed by atoms with Crippen LogP contribution >= 0.6 is 11.6 Å². The predicted molar refractivity (Wildman–Crippen MR) is 47.4 cm³/mol. The van der Waals surface area contributed by atoms with Crippen molar-refractivity contribution in [2.45, 2.75) is 45.0 Å². The molecule has 0 aromatic carbocycles. The predicted octanol–water partition coefficient (Wildman–Crippen LogP) is 2.38. The van der Waals surface area contributed by atoms with Gasteiger partial charge in [-0.25, -0.2) is 0 Å². The molecular formula is C8H18ClN. The van der Waals surface area contributed by atoms with Crippen molar-refractivity contribution in [3.63, 3.8) is 0 Å². The quantitative estimate of drug-likeness (QED) is 0.546. The number of halogens is 1. The van der Waals surface area contributed by atoms with E-state index in [9.17, 15) is 0 Å². The molecule has 2 N–H and O–H groups in total. The van der Waals surface area contributed by atoms with Crippen LogP contribution in [0.2, 0.25) is 0 Å². The molecule has 0 amide bonds. The lowest BCUT2D eigenvalue weighted by atomic mass is 10.1. The van der Waals surface area contributed by atoms with E-state index in [1.165, 1.54) is 0 Å². The van der Waals surface area contributed by atoms with Crippen LogP contribution in [0.5, 0.6) is 0 Å². The zero-order valence-corrected chi connectivity index (χ0v) is 7.86. The van der Waals surface area contributed by atoms with Crippen molar-refractivity contribution >= 4 is 11.6 Å². The normalized spacial score (nSPS) is 38.7. The maximum absolute atomic E-state index is 5.88. The Morgan fingerprint density at radius 2 is 1.80 bits per heavy atom. The first-order valence-electron chi connectivity index (χ1n) is 4.10. The van der Waals surface area contributed by atoms with Crippen LogP contribution < -0.4 is 5.73 Å². The minimum Gasteiger partial charge on any atom is -0.328 e. The van der Waals surface area contributed by atoms with Crippen LogP contribution in [0.3, 0.4) is 0 Å². The molecule has 3 atom stereocenters. The summed E-state index contributed by atoms with van der Waals surface area (Å²) in [4.78, 5) is 0. The second-order valence-corrected chi connectivity index (χ2v) is 3.29. The summed E-state index contributed by atoms with van der Waals surface area (Å²) < 4.78 is 0. The highest BCUT2D eigenvalue weighted by Gasteiger charge is 2.26. The molecule has 1 nitrogen and oxygen atoms in total. The van der Waals surface area contributed by atoms with E-state index in [1.807, 2.05) is 13.8 Å². The molecule has 0 heterocycles. The lowest BCUT2D eigenvalue weighted by Crippen LogP contribution is -2.14. The molecular weight excluding hydrogens is 146 g/mol. The van der Waals surface area contributed by atoms with E-state index in [0.717, 1.165) is 12.8 Å². The Bertz CT molecular complexity index is 75.3. The number of nitrogens with two attached hydrogens (primary N) is 1. The van der Waals surface area contributed by atoms with Gasteiger partial charge in [0.1, 0.15) is 0 Å². The van der Waals surface area contributed by atoms with E-state index in [1.54, 1.807) is 0 Å². The minimum absolute atomic E-state index is 0.338. The number of hydrogen-bond donors (Lipinski definition) is 1. The number of hydrogen-bond acceptors (Lipinski definition) is 1.